The van der Waals surface area contributed by atoms with Gasteiger partial charge in [-0.3, -0.25) is 0 Å². The molecule has 0 spiro atoms. The van der Waals surface area contributed by atoms with Crippen molar-refractivity contribution >= 4 is 23.2 Å². The van der Waals surface area contributed by atoms with Gasteiger partial charge in [-0.1, -0.05) is 13.8 Å². The molecular formula is C23H29FN4O4. The predicted molar refractivity (Wildman–Crippen MR) is 118 cm³/mol. The Kier molecular flexibility index (Phi) is 8.10. The summed E-state index contributed by atoms with van der Waals surface area (Å²) in [5.41, 5.74) is 1.15. The summed E-state index contributed by atoms with van der Waals surface area (Å²) in [6.45, 7) is 7.49. The molecular weight excluding hydrogens is 415 g/mol. The van der Waals surface area contributed by atoms with Crippen molar-refractivity contribution in [2.45, 2.75) is 33.6 Å². The van der Waals surface area contributed by atoms with Gasteiger partial charge in [0, 0.05) is 42.9 Å². The van der Waals surface area contributed by atoms with E-state index >= 15 is 0 Å². The second-order valence-electron chi connectivity index (χ2n) is 7.88. The molecule has 0 bridgehead atoms. The molecule has 0 radical (unpaired) electrons. The lowest BCUT2D eigenvalue weighted by molar-refractivity contribution is 0.0493. The van der Waals surface area contributed by atoms with Crippen molar-refractivity contribution in [3.05, 3.63) is 41.6 Å². The summed E-state index contributed by atoms with van der Waals surface area (Å²) in [5, 5.41) is 11.7. The van der Waals surface area contributed by atoms with Crippen LogP contribution in [0.3, 0.4) is 0 Å². The highest BCUT2D eigenvalue weighted by Crippen LogP contribution is 2.32. The van der Waals surface area contributed by atoms with Crippen molar-refractivity contribution in [1.29, 1.82) is 5.41 Å². The van der Waals surface area contributed by atoms with Crippen molar-refractivity contribution in [1.82, 2.24) is 9.97 Å². The quantitative estimate of drug-likeness (QED) is 0.336. The lowest BCUT2D eigenvalue weighted by atomic mass is 9.98. The van der Waals surface area contributed by atoms with Crippen LogP contribution in [0.25, 0.3) is 0 Å². The lowest BCUT2D eigenvalue weighted by Crippen LogP contribution is -2.23. The number of carbonyl (C=O) groups excluding carboxylic acids is 1. The Balaban J connectivity index is 2.04. The van der Waals surface area contributed by atoms with Gasteiger partial charge in [0.25, 0.3) is 0 Å². The third kappa shape index (κ3) is 6.00. The summed E-state index contributed by atoms with van der Waals surface area (Å²) in [6.07, 6.45) is 3.09. The van der Waals surface area contributed by atoms with E-state index in [1.54, 1.807) is 13.0 Å². The number of nitrogens with zero attached hydrogens (tertiary/aromatic N) is 2. The molecule has 0 atom stereocenters. The van der Waals surface area contributed by atoms with E-state index in [0.29, 0.717) is 42.7 Å². The summed E-state index contributed by atoms with van der Waals surface area (Å²) in [4.78, 5) is 20.4. The van der Waals surface area contributed by atoms with Crippen LogP contribution in [0.2, 0.25) is 0 Å². The van der Waals surface area contributed by atoms with Crippen LogP contribution >= 0.6 is 0 Å². The van der Waals surface area contributed by atoms with Crippen LogP contribution in [0.4, 0.5) is 15.9 Å². The number of anilines is 2. The van der Waals surface area contributed by atoms with Gasteiger partial charge in [0.2, 0.25) is 5.95 Å². The van der Waals surface area contributed by atoms with E-state index in [4.69, 9.17) is 19.6 Å². The maximum Gasteiger partial charge on any atom is 0.357 e. The lowest BCUT2D eigenvalue weighted by Gasteiger charge is -2.24. The van der Waals surface area contributed by atoms with E-state index < -0.39 is 11.9 Å². The SMILES string of the molecule is CCOC(=O)c1cc(OCC2CCOCC2)c(C(=N)C(C)C)c(Nc2ccnc(F)c2)n1. The van der Waals surface area contributed by atoms with Crippen LogP contribution in [-0.2, 0) is 9.47 Å². The second-order valence-corrected chi connectivity index (χ2v) is 7.88. The predicted octanol–water partition coefficient (Wildman–Crippen LogP) is 4.37. The van der Waals surface area contributed by atoms with E-state index in [-0.39, 0.29) is 29.7 Å². The fraction of sp³-hybridized carbons (Fsp3) is 0.478. The van der Waals surface area contributed by atoms with Crippen LogP contribution in [0.5, 0.6) is 5.75 Å². The van der Waals surface area contributed by atoms with E-state index in [2.05, 4.69) is 15.3 Å². The molecule has 9 heteroatoms. The number of pyridine rings is 2. The molecule has 32 heavy (non-hydrogen) atoms. The fourth-order valence-corrected chi connectivity index (χ4v) is 3.32. The summed E-state index contributed by atoms with van der Waals surface area (Å²) >= 11 is 0. The smallest absolute Gasteiger partial charge is 0.357 e. The molecule has 0 aromatic carbocycles. The minimum absolute atomic E-state index is 0.0474. The van der Waals surface area contributed by atoms with Crippen LogP contribution < -0.4 is 10.1 Å². The van der Waals surface area contributed by atoms with Gasteiger partial charge in [-0.15, -0.1) is 0 Å². The fourth-order valence-electron chi connectivity index (χ4n) is 3.32. The Bertz CT molecular complexity index is 961. The molecule has 3 heterocycles. The molecule has 1 saturated heterocycles. The Hall–Kier alpha value is -3.07. The first-order chi connectivity index (χ1) is 15.4. The third-order valence-electron chi connectivity index (χ3n) is 5.12. The van der Waals surface area contributed by atoms with Gasteiger partial charge in [-0.2, -0.15) is 4.39 Å². The molecule has 2 aromatic heterocycles. The zero-order chi connectivity index (χ0) is 23.1. The number of hydrogen-bond acceptors (Lipinski definition) is 8. The molecule has 8 nitrogen and oxygen atoms in total. The number of ether oxygens (including phenoxy) is 3. The first kappa shape index (κ1) is 23.6. The van der Waals surface area contributed by atoms with Gasteiger partial charge in [0.15, 0.2) is 5.69 Å². The highest BCUT2D eigenvalue weighted by Gasteiger charge is 2.24. The van der Waals surface area contributed by atoms with Gasteiger partial charge in [-0.25, -0.2) is 14.8 Å². The number of carbonyl (C=O) groups is 1. The minimum Gasteiger partial charge on any atom is -0.492 e. The van der Waals surface area contributed by atoms with Gasteiger partial charge < -0.3 is 24.9 Å². The monoisotopic (exact) mass is 444 g/mol. The van der Waals surface area contributed by atoms with E-state index in [1.807, 2.05) is 13.8 Å². The number of nitrogens with one attached hydrogen (secondary N) is 2. The number of esters is 1. The van der Waals surface area contributed by atoms with Gasteiger partial charge in [0.05, 0.1) is 18.8 Å². The van der Waals surface area contributed by atoms with Crippen molar-refractivity contribution in [2.24, 2.45) is 11.8 Å². The molecule has 0 unspecified atom stereocenters. The Morgan fingerprint density at radius 3 is 2.75 bits per heavy atom. The summed E-state index contributed by atoms with van der Waals surface area (Å²) in [5.74, 6) is -0.490. The van der Waals surface area contributed by atoms with E-state index in [0.717, 1.165) is 12.8 Å². The molecule has 0 aliphatic carbocycles. The molecule has 3 rings (SSSR count). The first-order valence-electron chi connectivity index (χ1n) is 10.8. The van der Waals surface area contributed by atoms with Gasteiger partial charge >= 0.3 is 5.97 Å². The van der Waals surface area contributed by atoms with Crippen molar-refractivity contribution in [3.8, 4) is 5.75 Å². The van der Waals surface area contributed by atoms with Gasteiger partial charge in [-0.05, 0) is 37.7 Å². The van der Waals surface area contributed by atoms with Crippen molar-refractivity contribution < 1.29 is 23.4 Å². The molecule has 1 fully saturated rings. The molecule has 2 N–H and O–H groups in total. The summed E-state index contributed by atoms with van der Waals surface area (Å²) in [7, 11) is 0. The molecule has 1 aliphatic heterocycles. The highest BCUT2D eigenvalue weighted by atomic mass is 19.1. The van der Waals surface area contributed by atoms with Crippen LogP contribution in [-0.4, -0.2) is 48.1 Å². The summed E-state index contributed by atoms with van der Waals surface area (Å²) in [6, 6.07) is 4.30. The third-order valence-corrected chi connectivity index (χ3v) is 5.12. The molecule has 0 saturated carbocycles. The molecule has 2 aromatic rings. The molecule has 0 amide bonds. The van der Waals surface area contributed by atoms with Crippen LogP contribution in [0.15, 0.2) is 24.4 Å². The summed E-state index contributed by atoms with van der Waals surface area (Å²) < 4.78 is 30.3. The number of hydrogen-bond donors (Lipinski definition) is 2. The Morgan fingerprint density at radius 2 is 2.09 bits per heavy atom. The maximum absolute atomic E-state index is 13.6. The van der Waals surface area contributed by atoms with Crippen LogP contribution in [0, 0.1) is 23.2 Å². The average molecular weight is 445 g/mol. The number of halogens is 1. The minimum atomic E-state index is -0.659. The van der Waals surface area contributed by atoms with Crippen LogP contribution in [0.1, 0.15) is 49.7 Å². The number of aromatic nitrogens is 2. The van der Waals surface area contributed by atoms with E-state index in [1.165, 1.54) is 18.3 Å². The number of rotatable bonds is 9. The Labute approximate surface area is 187 Å². The average Bonchev–Trinajstić information content (AvgIpc) is 2.77. The zero-order valence-electron chi connectivity index (χ0n) is 18.6. The highest BCUT2D eigenvalue weighted by molar-refractivity contribution is 6.07. The molecule has 1 aliphatic rings. The largest absolute Gasteiger partial charge is 0.492 e. The molecule has 172 valence electrons. The first-order valence-corrected chi connectivity index (χ1v) is 10.8. The standard InChI is InChI=1S/C23H29FN4O4/c1-4-31-23(29)17-12-18(32-13-15-6-9-30-10-7-15)20(21(25)14(2)3)22(28-17)27-16-5-8-26-19(24)11-16/h5,8,11-12,14-15,25H,4,6-7,9-10,13H2,1-3H3,(H,26,27,28). The normalized spacial score (nSPS) is 14.3. The maximum atomic E-state index is 13.6. The van der Waals surface area contributed by atoms with Gasteiger partial charge in [0.1, 0.15) is 11.6 Å². The van der Waals surface area contributed by atoms with Crippen molar-refractivity contribution in [3.63, 3.8) is 0 Å². The Morgan fingerprint density at radius 1 is 1.34 bits per heavy atom. The topological polar surface area (TPSA) is 106 Å². The van der Waals surface area contributed by atoms with E-state index in [9.17, 15) is 9.18 Å². The van der Waals surface area contributed by atoms with Crippen molar-refractivity contribution in [2.75, 3.05) is 31.7 Å². The zero-order valence-corrected chi connectivity index (χ0v) is 18.6. The second kappa shape index (κ2) is 11.0.